The van der Waals surface area contributed by atoms with Gasteiger partial charge in [-0.1, -0.05) is 0 Å². The molecule has 2 fully saturated rings. The predicted molar refractivity (Wildman–Crippen MR) is 96.6 cm³/mol. The van der Waals surface area contributed by atoms with Gasteiger partial charge >= 0.3 is 0 Å². The number of amides is 1. The Morgan fingerprint density at radius 1 is 1.15 bits per heavy atom. The first-order valence-electron chi connectivity index (χ1n) is 9.08. The molecule has 2 aromatic heterocycles. The Morgan fingerprint density at radius 2 is 2.00 bits per heavy atom. The number of carbonyl (C=O) groups is 1. The second-order valence-electron chi connectivity index (χ2n) is 6.87. The lowest BCUT2D eigenvalue weighted by atomic mass is 10.1. The lowest BCUT2D eigenvalue weighted by Crippen LogP contribution is -2.52. The Morgan fingerprint density at radius 3 is 2.77 bits per heavy atom. The summed E-state index contributed by atoms with van der Waals surface area (Å²) in [6.07, 6.45) is 10.6. The van der Waals surface area contributed by atoms with Gasteiger partial charge in [-0.3, -0.25) is 19.7 Å². The number of nitrogens with zero attached hydrogens (tertiary/aromatic N) is 6. The minimum Gasteiger partial charge on any atom is -0.346 e. The highest BCUT2D eigenvalue weighted by atomic mass is 16.2. The van der Waals surface area contributed by atoms with Crippen LogP contribution in [0.25, 0.3) is 0 Å². The van der Waals surface area contributed by atoms with Gasteiger partial charge in [0.25, 0.3) is 5.91 Å². The zero-order chi connectivity index (χ0) is 17.9. The molecule has 8 heteroatoms. The molecule has 136 valence electrons. The summed E-state index contributed by atoms with van der Waals surface area (Å²) in [5.41, 5.74) is 1.35. The van der Waals surface area contributed by atoms with Crippen molar-refractivity contribution in [3.05, 3.63) is 42.2 Å². The van der Waals surface area contributed by atoms with Crippen LogP contribution in [0.1, 0.15) is 41.9 Å². The van der Waals surface area contributed by atoms with Crippen LogP contribution < -0.4 is 5.32 Å². The Labute approximate surface area is 152 Å². The molecule has 0 bridgehead atoms. The molecule has 0 radical (unpaired) electrons. The molecule has 4 rings (SSSR count). The van der Waals surface area contributed by atoms with Crippen molar-refractivity contribution in [2.24, 2.45) is 0 Å². The SMILES string of the molecule is C[C@H](Nc1ncc(C(=O)N2CCN3CCC[C@@H]3C2)cn1)c1cnccn1. The molecule has 2 atom stereocenters. The first-order valence-corrected chi connectivity index (χ1v) is 9.08. The Bertz CT molecular complexity index is 752. The monoisotopic (exact) mass is 353 g/mol. The molecular formula is C18H23N7O. The summed E-state index contributed by atoms with van der Waals surface area (Å²) < 4.78 is 0. The number of anilines is 1. The van der Waals surface area contributed by atoms with Crippen molar-refractivity contribution in [3.63, 3.8) is 0 Å². The Balaban J connectivity index is 1.38. The maximum Gasteiger partial charge on any atom is 0.257 e. The summed E-state index contributed by atoms with van der Waals surface area (Å²) >= 11 is 0. The molecule has 0 aliphatic carbocycles. The Hall–Kier alpha value is -2.61. The third-order valence-corrected chi connectivity index (χ3v) is 5.15. The highest BCUT2D eigenvalue weighted by molar-refractivity contribution is 5.93. The maximum absolute atomic E-state index is 12.7. The molecule has 26 heavy (non-hydrogen) atoms. The van der Waals surface area contributed by atoms with Gasteiger partial charge in [0.2, 0.25) is 5.95 Å². The number of rotatable bonds is 4. The van der Waals surface area contributed by atoms with Gasteiger partial charge in [-0.25, -0.2) is 9.97 Å². The molecule has 0 aromatic carbocycles. The molecule has 2 saturated heterocycles. The van der Waals surface area contributed by atoms with Crippen LogP contribution in [0.5, 0.6) is 0 Å². The highest BCUT2D eigenvalue weighted by Gasteiger charge is 2.32. The number of piperazine rings is 1. The quantitative estimate of drug-likeness (QED) is 0.888. The summed E-state index contributed by atoms with van der Waals surface area (Å²) in [6, 6.07) is 0.447. The lowest BCUT2D eigenvalue weighted by molar-refractivity contribution is 0.0570. The molecule has 0 saturated carbocycles. The van der Waals surface area contributed by atoms with E-state index in [1.807, 2.05) is 11.8 Å². The normalized spacial score (nSPS) is 21.3. The van der Waals surface area contributed by atoms with E-state index in [9.17, 15) is 4.79 Å². The van der Waals surface area contributed by atoms with Crippen molar-refractivity contribution in [1.82, 2.24) is 29.7 Å². The molecule has 2 aliphatic heterocycles. The average molecular weight is 353 g/mol. The van der Waals surface area contributed by atoms with Crippen LogP contribution in [0.2, 0.25) is 0 Å². The van der Waals surface area contributed by atoms with Crippen molar-refractivity contribution in [1.29, 1.82) is 0 Å². The van der Waals surface area contributed by atoms with Crippen molar-refractivity contribution < 1.29 is 4.79 Å². The second-order valence-corrected chi connectivity index (χ2v) is 6.87. The fraction of sp³-hybridized carbons (Fsp3) is 0.500. The number of hydrogen-bond donors (Lipinski definition) is 1. The molecular weight excluding hydrogens is 330 g/mol. The van der Waals surface area contributed by atoms with E-state index in [2.05, 4.69) is 30.2 Å². The van der Waals surface area contributed by atoms with Gasteiger partial charge in [-0.2, -0.15) is 0 Å². The van der Waals surface area contributed by atoms with Gasteiger partial charge in [0, 0.05) is 50.5 Å². The van der Waals surface area contributed by atoms with E-state index < -0.39 is 0 Å². The fourth-order valence-electron chi connectivity index (χ4n) is 3.67. The summed E-state index contributed by atoms with van der Waals surface area (Å²) in [6.45, 7) is 5.68. The molecule has 1 amide bonds. The van der Waals surface area contributed by atoms with Crippen molar-refractivity contribution in [2.45, 2.75) is 31.8 Å². The third kappa shape index (κ3) is 3.50. The first kappa shape index (κ1) is 16.8. The highest BCUT2D eigenvalue weighted by Crippen LogP contribution is 2.22. The Kier molecular flexibility index (Phi) is 4.75. The van der Waals surface area contributed by atoms with Crippen LogP contribution in [-0.2, 0) is 0 Å². The van der Waals surface area contributed by atoms with Crippen molar-refractivity contribution >= 4 is 11.9 Å². The minimum atomic E-state index is -0.0688. The number of fused-ring (bicyclic) bond motifs is 1. The van der Waals surface area contributed by atoms with Crippen molar-refractivity contribution in [2.75, 3.05) is 31.5 Å². The van der Waals surface area contributed by atoms with E-state index in [4.69, 9.17) is 0 Å². The zero-order valence-corrected chi connectivity index (χ0v) is 14.9. The van der Waals surface area contributed by atoms with E-state index >= 15 is 0 Å². The topological polar surface area (TPSA) is 87.1 Å². The van der Waals surface area contributed by atoms with Gasteiger partial charge in [0.1, 0.15) is 0 Å². The van der Waals surface area contributed by atoms with Crippen LogP contribution in [0, 0.1) is 0 Å². The van der Waals surface area contributed by atoms with E-state index in [-0.39, 0.29) is 11.9 Å². The number of hydrogen-bond acceptors (Lipinski definition) is 7. The predicted octanol–water partition coefficient (Wildman–Crippen LogP) is 1.36. The van der Waals surface area contributed by atoms with Crippen LogP contribution in [0.4, 0.5) is 5.95 Å². The first-order chi connectivity index (χ1) is 12.7. The zero-order valence-electron chi connectivity index (χ0n) is 14.9. The fourth-order valence-corrected chi connectivity index (χ4v) is 3.67. The summed E-state index contributed by atoms with van der Waals surface area (Å²) in [5.74, 6) is 0.491. The molecule has 8 nitrogen and oxygen atoms in total. The molecule has 1 N–H and O–H groups in total. The summed E-state index contributed by atoms with van der Waals surface area (Å²) in [4.78, 5) is 34.1. The van der Waals surface area contributed by atoms with Crippen LogP contribution in [-0.4, -0.2) is 67.9 Å². The molecule has 2 aromatic rings. The van der Waals surface area contributed by atoms with Gasteiger partial charge in [0.05, 0.1) is 23.5 Å². The second kappa shape index (κ2) is 7.33. The van der Waals surface area contributed by atoms with Gasteiger partial charge in [-0.15, -0.1) is 0 Å². The van der Waals surface area contributed by atoms with Gasteiger partial charge in [0.15, 0.2) is 0 Å². The third-order valence-electron chi connectivity index (χ3n) is 5.15. The lowest BCUT2D eigenvalue weighted by Gasteiger charge is -2.37. The number of nitrogens with one attached hydrogen (secondary N) is 1. The van der Waals surface area contributed by atoms with E-state index in [1.54, 1.807) is 31.0 Å². The van der Waals surface area contributed by atoms with E-state index in [1.165, 1.54) is 19.4 Å². The number of carbonyl (C=O) groups excluding carboxylic acids is 1. The molecule has 2 aliphatic rings. The largest absolute Gasteiger partial charge is 0.346 e. The molecule has 0 spiro atoms. The maximum atomic E-state index is 12.7. The average Bonchev–Trinajstić information content (AvgIpc) is 3.16. The van der Waals surface area contributed by atoms with E-state index in [0.29, 0.717) is 17.6 Å². The van der Waals surface area contributed by atoms with Gasteiger partial charge < -0.3 is 10.2 Å². The summed E-state index contributed by atoms with van der Waals surface area (Å²) in [7, 11) is 0. The number of aromatic nitrogens is 4. The summed E-state index contributed by atoms with van der Waals surface area (Å²) in [5, 5.41) is 3.18. The minimum absolute atomic E-state index is 0.0186. The standard InChI is InChI=1S/C18H23N7O/c1-13(16-11-19-4-5-20-16)23-18-21-9-14(10-22-18)17(26)25-8-7-24-6-2-3-15(24)12-25/h4-5,9-11,13,15H,2-3,6-8,12H2,1H3,(H,21,22,23)/t13-,15+/m0/s1. The smallest absolute Gasteiger partial charge is 0.257 e. The molecule has 0 unspecified atom stereocenters. The van der Waals surface area contributed by atoms with Crippen molar-refractivity contribution in [3.8, 4) is 0 Å². The molecule has 4 heterocycles. The van der Waals surface area contributed by atoms with Crippen LogP contribution >= 0.6 is 0 Å². The van der Waals surface area contributed by atoms with Crippen LogP contribution in [0.15, 0.2) is 31.0 Å². The van der Waals surface area contributed by atoms with Gasteiger partial charge in [-0.05, 0) is 26.3 Å². The van der Waals surface area contributed by atoms with E-state index in [0.717, 1.165) is 25.3 Å². The van der Waals surface area contributed by atoms with Crippen LogP contribution in [0.3, 0.4) is 0 Å².